The van der Waals surface area contributed by atoms with Crippen molar-refractivity contribution in [1.29, 1.82) is 0 Å². The van der Waals surface area contributed by atoms with E-state index >= 15 is 0 Å². The first-order valence-corrected chi connectivity index (χ1v) is 12.0. The fourth-order valence-electron chi connectivity index (χ4n) is 4.90. The van der Waals surface area contributed by atoms with Crippen LogP contribution in [0.5, 0.6) is 5.75 Å². The monoisotopic (exact) mass is 498 g/mol. The molecule has 8 heteroatoms. The van der Waals surface area contributed by atoms with Gasteiger partial charge in [-0.05, 0) is 75.0 Å². The molecule has 0 atom stereocenters. The lowest BCUT2D eigenvalue weighted by Gasteiger charge is -2.38. The summed E-state index contributed by atoms with van der Waals surface area (Å²) in [6, 6.07) is 9.35. The van der Waals surface area contributed by atoms with Crippen molar-refractivity contribution in [2.75, 3.05) is 26.7 Å². The second-order valence-electron chi connectivity index (χ2n) is 9.25. The zero-order chi connectivity index (χ0) is 25.7. The largest absolute Gasteiger partial charge is 0.497 e. The van der Waals surface area contributed by atoms with Crippen molar-refractivity contribution in [3.63, 3.8) is 0 Å². The van der Waals surface area contributed by atoms with Gasteiger partial charge in [0, 0.05) is 17.5 Å². The van der Waals surface area contributed by atoms with E-state index < -0.39 is 28.8 Å². The predicted octanol–water partition coefficient (Wildman–Crippen LogP) is 5.86. The second kappa shape index (κ2) is 11.1. The maximum absolute atomic E-state index is 14.6. The Labute approximate surface area is 208 Å². The Balaban J connectivity index is 1.37. The normalized spacial score (nSPS) is 16.0. The maximum Gasteiger partial charge on any atom is 0.309 e. The highest BCUT2D eigenvalue weighted by molar-refractivity contribution is 5.83. The minimum absolute atomic E-state index is 0.181. The number of benzene rings is 2. The maximum atomic E-state index is 14.6. The van der Waals surface area contributed by atoms with Gasteiger partial charge in [-0.2, -0.15) is 0 Å². The van der Waals surface area contributed by atoms with E-state index in [4.69, 9.17) is 4.74 Å². The molecule has 3 aromatic rings. The van der Waals surface area contributed by atoms with Crippen LogP contribution in [-0.4, -0.2) is 47.7 Å². The van der Waals surface area contributed by atoms with Crippen LogP contribution in [0.2, 0.25) is 0 Å². The van der Waals surface area contributed by atoms with Crippen LogP contribution in [0, 0.1) is 22.9 Å². The molecule has 1 aromatic heterocycles. The molecule has 1 aliphatic rings. The zero-order valence-corrected chi connectivity index (χ0v) is 20.1. The number of likely N-dealkylation sites (tertiary alicyclic amines) is 1. The number of aliphatic carboxylic acids is 1. The molecule has 1 N–H and O–H groups in total. The molecule has 1 saturated heterocycles. The Kier molecular flexibility index (Phi) is 7.94. The predicted molar refractivity (Wildman–Crippen MR) is 132 cm³/mol. The first kappa shape index (κ1) is 25.7. The van der Waals surface area contributed by atoms with Gasteiger partial charge in [-0.15, -0.1) is 0 Å². The molecule has 0 amide bonds. The number of nitrogens with zero attached hydrogens (tertiary/aromatic N) is 2. The first-order chi connectivity index (χ1) is 17.3. The molecule has 190 valence electrons. The minimum atomic E-state index is -0.889. The summed E-state index contributed by atoms with van der Waals surface area (Å²) in [6.45, 7) is 1.67. The number of ether oxygens (including phenoxy) is 1. The quantitative estimate of drug-likeness (QED) is 0.400. The molecular weight excluding hydrogens is 469 g/mol. The third-order valence-electron chi connectivity index (χ3n) is 7.13. The van der Waals surface area contributed by atoms with Crippen LogP contribution in [0.15, 0.2) is 48.7 Å². The number of carbonyl (C=O) groups is 1. The zero-order valence-electron chi connectivity index (χ0n) is 20.1. The number of halogens is 3. The average Bonchev–Trinajstić information content (AvgIpc) is 2.88. The Morgan fingerprint density at radius 1 is 1.17 bits per heavy atom. The topological polar surface area (TPSA) is 62.7 Å². The standard InChI is InChI=1S/C28H29F3N2O3/c1-36-20-9-10-25-22(17-20)21(24(30)18-32-25)7-3-11-28(27(34)35)12-15-33(16-13-28)14-4-6-19-5-2-8-23(29)26(19)31/h2,4-6,8-10,17-18H,3,7,11-16H2,1H3,(H,34,35). The van der Waals surface area contributed by atoms with E-state index in [1.54, 1.807) is 37.5 Å². The molecule has 1 aliphatic heterocycles. The molecular formula is C28H29F3N2O3. The number of piperidine rings is 1. The Hall–Kier alpha value is -3.39. The number of pyridine rings is 1. The number of methoxy groups -OCH3 is 1. The van der Waals surface area contributed by atoms with Crippen LogP contribution < -0.4 is 4.74 Å². The molecule has 0 radical (unpaired) electrons. The molecule has 1 fully saturated rings. The lowest BCUT2D eigenvalue weighted by Crippen LogP contribution is -2.44. The van der Waals surface area contributed by atoms with Gasteiger partial charge in [-0.3, -0.25) is 14.7 Å². The van der Waals surface area contributed by atoms with Crippen LogP contribution in [0.4, 0.5) is 13.2 Å². The number of aromatic nitrogens is 1. The van der Waals surface area contributed by atoms with Crippen molar-refractivity contribution in [1.82, 2.24) is 9.88 Å². The highest BCUT2D eigenvalue weighted by atomic mass is 19.2. The Bertz CT molecular complexity index is 1270. The van der Waals surface area contributed by atoms with Crippen LogP contribution in [0.1, 0.15) is 36.8 Å². The van der Waals surface area contributed by atoms with Gasteiger partial charge >= 0.3 is 5.97 Å². The summed E-state index contributed by atoms with van der Waals surface area (Å²) in [4.78, 5) is 18.5. The molecule has 5 nitrogen and oxygen atoms in total. The summed E-state index contributed by atoms with van der Waals surface area (Å²) < 4.78 is 47.1. The number of carboxylic acids is 1. The summed E-state index contributed by atoms with van der Waals surface area (Å²) in [5.74, 6) is -2.40. The Morgan fingerprint density at radius 2 is 1.94 bits per heavy atom. The summed E-state index contributed by atoms with van der Waals surface area (Å²) in [5, 5.41) is 10.7. The Morgan fingerprint density at radius 3 is 2.67 bits per heavy atom. The van der Waals surface area contributed by atoms with Gasteiger partial charge < -0.3 is 9.84 Å². The molecule has 0 bridgehead atoms. The van der Waals surface area contributed by atoms with E-state index in [0.29, 0.717) is 74.0 Å². The van der Waals surface area contributed by atoms with Gasteiger partial charge in [-0.1, -0.05) is 24.3 Å². The smallest absolute Gasteiger partial charge is 0.309 e. The number of hydrogen-bond acceptors (Lipinski definition) is 4. The van der Waals surface area contributed by atoms with Gasteiger partial charge in [-0.25, -0.2) is 13.2 Å². The molecule has 0 saturated carbocycles. The number of rotatable bonds is 9. The van der Waals surface area contributed by atoms with Crippen molar-refractivity contribution in [3.05, 3.63) is 77.2 Å². The van der Waals surface area contributed by atoms with Gasteiger partial charge in [0.15, 0.2) is 11.6 Å². The lowest BCUT2D eigenvalue weighted by molar-refractivity contribution is -0.152. The second-order valence-corrected chi connectivity index (χ2v) is 9.25. The highest BCUT2D eigenvalue weighted by Crippen LogP contribution is 2.37. The third kappa shape index (κ3) is 5.54. The van der Waals surface area contributed by atoms with Crippen LogP contribution >= 0.6 is 0 Å². The van der Waals surface area contributed by atoms with Gasteiger partial charge in [0.2, 0.25) is 0 Å². The van der Waals surface area contributed by atoms with E-state index in [2.05, 4.69) is 9.88 Å². The molecule has 0 aliphatic carbocycles. The molecule has 2 heterocycles. The van der Waals surface area contributed by atoms with E-state index in [9.17, 15) is 23.1 Å². The van der Waals surface area contributed by atoms with Crippen molar-refractivity contribution >= 4 is 22.9 Å². The fourth-order valence-corrected chi connectivity index (χ4v) is 4.90. The van der Waals surface area contributed by atoms with Crippen molar-refractivity contribution < 1.29 is 27.8 Å². The van der Waals surface area contributed by atoms with E-state index in [1.807, 2.05) is 0 Å². The van der Waals surface area contributed by atoms with Crippen molar-refractivity contribution in [2.24, 2.45) is 5.41 Å². The number of aryl methyl sites for hydroxylation is 1. The van der Waals surface area contributed by atoms with Crippen molar-refractivity contribution in [2.45, 2.75) is 32.1 Å². The fraction of sp³-hybridized carbons (Fsp3) is 0.357. The minimum Gasteiger partial charge on any atom is -0.497 e. The molecule has 36 heavy (non-hydrogen) atoms. The summed E-state index contributed by atoms with van der Waals surface area (Å²) >= 11 is 0. The third-order valence-corrected chi connectivity index (χ3v) is 7.13. The number of hydrogen-bond donors (Lipinski definition) is 1. The molecule has 0 unspecified atom stereocenters. The average molecular weight is 499 g/mol. The molecule has 0 spiro atoms. The summed E-state index contributed by atoms with van der Waals surface area (Å²) in [6.07, 6.45) is 6.82. The van der Waals surface area contributed by atoms with E-state index in [1.165, 1.54) is 18.3 Å². The molecule has 2 aromatic carbocycles. The first-order valence-electron chi connectivity index (χ1n) is 12.0. The van der Waals surface area contributed by atoms with Gasteiger partial charge in [0.05, 0.1) is 24.2 Å². The van der Waals surface area contributed by atoms with Gasteiger partial charge in [0.1, 0.15) is 11.6 Å². The summed E-state index contributed by atoms with van der Waals surface area (Å²) in [5.41, 5.74) is 0.498. The van der Waals surface area contributed by atoms with E-state index in [-0.39, 0.29) is 5.56 Å². The SMILES string of the molecule is COc1ccc2ncc(F)c(CCCC3(C(=O)O)CCN(CC=Cc4cccc(F)c4F)CC3)c2c1. The summed E-state index contributed by atoms with van der Waals surface area (Å²) in [7, 11) is 1.55. The number of carboxylic acid groups (broad SMARTS) is 1. The van der Waals surface area contributed by atoms with Crippen LogP contribution in [0.3, 0.4) is 0 Å². The van der Waals surface area contributed by atoms with Crippen LogP contribution in [0.25, 0.3) is 17.0 Å². The lowest BCUT2D eigenvalue weighted by atomic mass is 9.74. The molecule has 4 rings (SSSR count). The van der Waals surface area contributed by atoms with Crippen LogP contribution in [-0.2, 0) is 11.2 Å². The van der Waals surface area contributed by atoms with E-state index in [0.717, 1.165) is 6.07 Å². The highest BCUT2D eigenvalue weighted by Gasteiger charge is 2.40. The van der Waals surface area contributed by atoms with Gasteiger partial charge in [0.25, 0.3) is 0 Å². The number of fused-ring (bicyclic) bond motifs is 1. The van der Waals surface area contributed by atoms with Crippen molar-refractivity contribution in [3.8, 4) is 5.75 Å².